The van der Waals surface area contributed by atoms with Crippen LogP contribution in [0.5, 0.6) is 0 Å². The van der Waals surface area contributed by atoms with Gasteiger partial charge in [0.05, 0.1) is 16.0 Å². The van der Waals surface area contributed by atoms with Crippen LogP contribution in [-0.4, -0.2) is 11.7 Å². The molecule has 1 heterocycles. The Balaban J connectivity index is 1.97. The molecule has 1 unspecified atom stereocenters. The van der Waals surface area contributed by atoms with Gasteiger partial charge in [0.1, 0.15) is 6.10 Å². The molecule has 92 valence electrons. The Bertz CT molecular complexity index is 576. The first-order valence-electron chi connectivity index (χ1n) is 5.36. The highest BCUT2D eigenvalue weighted by Crippen LogP contribution is 2.27. The van der Waals surface area contributed by atoms with Crippen LogP contribution in [0.2, 0.25) is 4.34 Å². The molecule has 0 amide bonds. The van der Waals surface area contributed by atoms with E-state index in [0.717, 1.165) is 10.6 Å². The van der Waals surface area contributed by atoms with Crippen LogP contribution in [0.4, 0.5) is 5.69 Å². The Morgan fingerprint density at radius 3 is 2.89 bits per heavy atom. The van der Waals surface area contributed by atoms with Crippen LogP contribution in [-0.2, 0) is 0 Å². The number of hydrogen-bond acceptors (Lipinski definition) is 4. The molecule has 0 saturated heterocycles. The Morgan fingerprint density at radius 2 is 2.22 bits per heavy atom. The SMILES string of the molecule is N#Cc1cccc(NCC(O)c2ccc(Cl)s2)c1. The summed E-state index contributed by atoms with van der Waals surface area (Å²) in [6.07, 6.45) is -0.603. The number of thiophene rings is 1. The van der Waals surface area contributed by atoms with Crippen molar-refractivity contribution in [2.45, 2.75) is 6.10 Å². The molecule has 1 aromatic heterocycles. The average molecular weight is 279 g/mol. The maximum absolute atomic E-state index is 9.95. The first-order valence-corrected chi connectivity index (χ1v) is 6.56. The van der Waals surface area contributed by atoms with Crippen LogP contribution in [0.3, 0.4) is 0 Å². The smallest absolute Gasteiger partial charge is 0.105 e. The van der Waals surface area contributed by atoms with Crippen molar-refractivity contribution >= 4 is 28.6 Å². The van der Waals surface area contributed by atoms with Gasteiger partial charge in [-0.05, 0) is 30.3 Å². The summed E-state index contributed by atoms with van der Waals surface area (Å²) in [5, 5.41) is 21.8. The molecule has 0 fully saturated rings. The lowest BCUT2D eigenvalue weighted by molar-refractivity contribution is 0.195. The summed E-state index contributed by atoms with van der Waals surface area (Å²) in [5.74, 6) is 0. The Morgan fingerprint density at radius 1 is 1.39 bits per heavy atom. The van der Waals surface area contributed by atoms with Crippen molar-refractivity contribution in [2.24, 2.45) is 0 Å². The van der Waals surface area contributed by atoms with E-state index in [1.807, 2.05) is 12.1 Å². The lowest BCUT2D eigenvalue weighted by Gasteiger charge is -2.11. The van der Waals surface area contributed by atoms with Gasteiger partial charge in [-0.25, -0.2) is 0 Å². The van der Waals surface area contributed by atoms with Crippen molar-refractivity contribution in [3.63, 3.8) is 0 Å². The highest BCUT2D eigenvalue weighted by molar-refractivity contribution is 7.16. The van der Waals surface area contributed by atoms with E-state index in [0.29, 0.717) is 16.4 Å². The number of nitriles is 1. The fraction of sp³-hybridized carbons (Fsp3) is 0.154. The first kappa shape index (κ1) is 12.9. The van der Waals surface area contributed by atoms with E-state index in [-0.39, 0.29) is 0 Å². The molecule has 0 aliphatic rings. The number of halogens is 1. The largest absolute Gasteiger partial charge is 0.386 e. The van der Waals surface area contributed by atoms with Crippen LogP contribution < -0.4 is 5.32 Å². The van der Waals surface area contributed by atoms with E-state index in [1.54, 1.807) is 24.3 Å². The summed E-state index contributed by atoms with van der Waals surface area (Å²) in [6.45, 7) is 0.381. The third-order valence-corrected chi connectivity index (χ3v) is 3.75. The minimum atomic E-state index is -0.603. The summed E-state index contributed by atoms with van der Waals surface area (Å²) < 4.78 is 0.663. The van der Waals surface area contributed by atoms with Crippen molar-refractivity contribution in [3.05, 3.63) is 51.2 Å². The van der Waals surface area contributed by atoms with Crippen molar-refractivity contribution in [2.75, 3.05) is 11.9 Å². The molecule has 0 saturated carbocycles. The Kier molecular flexibility index (Phi) is 4.21. The van der Waals surface area contributed by atoms with Gasteiger partial charge in [-0.15, -0.1) is 11.3 Å². The fourth-order valence-corrected chi connectivity index (χ4v) is 2.57. The summed E-state index contributed by atoms with van der Waals surface area (Å²) in [7, 11) is 0. The molecule has 3 nitrogen and oxygen atoms in total. The minimum Gasteiger partial charge on any atom is -0.386 e. The van der Waals surface area contributed by atoms with Gasteiger partial charge in [-0.2, -0.15) is 5.26 Å². The summed E-state index contributed by atoms with van der Waals surface area (Å²) in [4.78, 5) is 0.823. The summed E-state index contributed by atoms with van der Waals surface area (Å²) in [6, 6.07) is 12.8. The second kappa shape index (κ2) is 5.87. The molecule has 2 N–H and O–H groups in total. The monoisotopic (exact) mass is 278 g/mol. The number of hydrogen-bond donors (Lipinski definition) is 2. The van der Waals surface area contributed by atoms with Gasteiger partial charge < -0.3 is 10.4 Å². The second-order valence-corrected chi connectivity index (χ2v) is 5.48. The van der Waals surface area contributed by atoms with Crippen molar-refractivity contribution in [1.29, 1.82) is 5.26 Å². The molecule has 2 aromatic rings. The van der Waals surface area contributed by atoms with Gasteiger partial charge in [0.15, 0.2) is 0 Å². The summed E-state index contributed by atoms with van der Waals surface area (Å²) in [5.41, 5.74) is 1.41. The van der Waals surface area contributed by atoms with E-state index in [1.165, 1.54) is 11.3 Å². The highest BCUT2D eigenvalue weighted by atomic mass is 35.5. The van der Waals surface area contributed by atoms with Gasteiger partial charge in [0.2, 0.25) is 0 Å². The molecular formula is C13H11ClN2OS. The molecule has 0 spiro atoms. The molecule has 0 bridgehead atoms. The maximum Gasteiger partial charge on any atom is 0.105 e. The quantitative estimate of drug-likeness (QED) is 0.901. The number of aliphatic hydroxyl groups excluding tert-OH is 1. The zero-order valence-electron chi connectivity index (χ0n) is 9.43. The normalized spacial score (nSPS) is 11.8. The van der Waals surface area contributed by atoms with Gasteiger partial charge in [-0.1, -0.05) is 17.7 Å². The molecule has 5 heteroatoms. The van der Waals surface area contributed by atoms with E-state index >= 15 is 0 Å². The standard InChI is InChI=1S/C13H11ClN2OS/c14-13-5-4-12(18-13)11(17)8-16-10-3-1-2-9(6-10)7-15/h1-6,11,16-17H,8H2. The highest BCUT2D eigenvalue weighted by Gasteiger charge is 2.09. The topological polar surface area (TPSA) is 56.0 Å². The molecule has 0 radical (unpaired) electrons. The van der Waals surface area contributed by atoms with Crippen molar-refractivity contribution in [3.8, 4) is 6.07 Å². The van der Waals surface area contributed by atoms with Crippen LogP contribution in [0, 0.1) is 11.3 Å². The Labute approximate surface area is 114 Å². The molecule has 0 aliphatic heterocycles. The van der Waals surface area contributed by atoms with Gasteiger partial charge in [0.25, 0.3) is 0 Å². The average Bonchev–Trinajstić information content (AvgIpc) is 2.83. The molecular weight excluding hydrogens is 268 g/mol. The predicted molar refractivity (Wildman–Crippen MR) is 73.9 cm³/mol. The van der Waals surface area contributed by atoms with E-state index in [9.17, 15) is 5.11 Å². The zero-order valence-corrected chi connectivity index (χ0v) is 11.0. The third kappa shape index (κ3) is 3.23. The molecule has 1 atom stereocenters. The van der Waals surface area contributed by atoms with Crippen molar-refractivity contribution in [1.82, 2.24) is 0 Å². The van der Waals surface area contributed by atoms with Gasteiger partial charge in [-0.3, -0.25) is 0 Å². The zero-order chi connectivity index (χ0) is 13.0. The molecule has 2 rings (SSSR count). The molecule has 1 aromatic carbocycles. The fourth-order valence-electron chi connectivity index (χ4n) is 1.52. The summed E-state index contributed by atoms with van der Waals surface area (Å²) >= 11 is 7.17. The maximum atomic E-state index is 9.95. The van der Waals surface area contributed by atoms with Crippen LogP contribution in [0.25, 0.3) is 0 Å². The number of aliphatic hydroxyl groups is 1. The second-order valence-electron chi connectivity index (χ2n) is 3.73. The van der Waals surface area contributed by atoms with E-state index in [2.05, 4.69) is 11.4 Å². The van der Waals surface area contributed by atoms with Gasteiger partial charge >= 0.3 is 0 Å². The number of nitrogens with one attached hydrogen (secondary N) is 1. The number of rotatable bonds is 4. The lowest BCUT2D eigenvalue weighted by Crippen LogP contribution is -2.10. The van der Waals surface area contributed by atoms with Crippen LogP contribution >= 0.6 is 22.9 Å². The van der Waals surface area contributed by atoms with E-state index < -0.39 is 6.10 Å². The minimum absolute atomic E-state index is 0.381. The third-order valence-electron chi connectivity index (χ3n) is 2.41. The van der Waals surface area contributed by atoms with E-state index in [4.69, 9.17) is 16.9 Å². The number of benzene rings is 1. The number of nitrogens with zero attached hydrogens (tertiary/aromatic N) is 1. The molecule has 18 heavy (non-hydrogen) atoms. The van der Waals surface area contributed by atoms with Crippen LogP contribution in [0.1, 0.15) is 16.5 Å². The first-order chi connectivity index (χ1) is 8.69. The lowest BCUT2D eigenvalue weighted by atomic mass is 10.2. The molecule has 0 aliphatic carbocycles. The van der Waals surface area contributed by atoms with Gasteiger partial charge in [0, 0.05) is 17.1 Å². The predicted octanol–water partition coefficient (Wildman–Crippen LogP) is 3.42. The van der Waals surface area contributed by atoms with Crippen LogP contribution in [0.15, 0.2) is 36.4 Å². The number of anilines is 1. The Hall–Kier alpha value is -1.54. The van der Waals surface area contributed by atoms with Crippen molar-refractivity contribution < 1.29 is 5.11 Å².